The first-order valence-electron chi connectivity index (χ1n) is 35.7. The quantitative estimate of drug-likeness (QED) is 0.131. The van der Waals surface area contributed by atoms with Crippen LogP contribution in [0.1, 0.15) is 44.5 Å². The van der Waals surface area contributed by atoms with Crippen molar-refractivity contribution in [2.24, 2.45) is 0 Å². The summed E-state index contributed by atoms with van der Waals surface area (Å²) < 4.78 is 0. The molecule has 0 saturated carbocycles. The number of para-hydroxylation sites is 4. The van der Waals surface area contributed by atoms with Crippen LogP contribution in [0.4, 0.5) is 34.4 Å². The van der Waals surface area contributed by atoms with Crippen LogP contribution in [0.2, 0.25) is 0 Å². The average Bonchev–Trinajstić information content (AvgIpc) is 1.49. The maximum Gasteiger partial charge on any atom is 0.238 e. The van der Waals surface area contributed by atoms with E-state index in [0.29, 0.717) is 35.1 Å². The van der Waals surface area contributed by atoms with Crippen molar-refractivity contribution < 1.29 is 0 Å². The molecule has 0 N–H and O–H groups in total. The SMILES string of the molecule is c1ccc(-c2ccc(-c3nc(-c4ccc(-c5ccccn5)cc4)nc(N4c5ccccc5C5(c6ccccc64)c4ccsc4-c4sccc45)n3)cc2)cc1.c1ccc(-c2nc(-c3ccc(-c4ccccn4)cc3)nc(-c3cccc(N4c5ccccc5C5(c6ccccc64)c4ccsc4-c4sccc45)c3)n2)cc1. The molecule has 22 rings (SSSR count). The fourth-order valence-electron chi connectivity index (χ4n) is 16.5. The van der Waals surface area contributed by atoms with Gasteiger partial charge in [-0.1, -0.05) is 231 Å². The van der Waals surface area contributed by atoms with E-state index in [1.807, 2.05) is 131 Å². The Bertz CT molecular complexity index is 6170. The third-order valence-corrected chi connectivity index (χ3v) is 25.2. The lowest BCUT2D eigenvalue weighted by Crippen LogP contribution is -2.36. The van der Waals surface area contributed by atoms with Gasteiger partial charge in [0.15, 0.2) is 29.1 Å². The van der Waals surface area contributed by atoms with Gasteiger partial charge in [-0.25, -0.2) is 19.9 Å². The van der Waals surface area contributed by atoms with Gasteiger partial charge in [-0.05, 0) is 162 Å². The van der Waals surface area contributed by atoms with Gasteiger partial charge in [0.05, 0.1) is 45.0 Å². The van der Waals surface area contributed by atoms with Crippen LogP contribution in [0.25, 0.3) is 110 Å². The minimum absolute atomic E-state index is 0.383. The Kier molecular flexibility index (Phi) is 15.2. The molecule has 2 aliphatic carbocycles. The predicted octanol–water partition coefficient (Wildman–Crippen LogP) is 24.4. The highest BCUT2D eigenvalue weighted by molar-refractivity contribution is 7.21. The van der Waals surface area contributed by atoms with Crippen LogP contribution in [0, 0.1) is 0 Å². The van der Waals surface area contributed by atoms with E-state index in [1.54, 1.807) is 0 Å². The molecule has 0 amide bonds. The van der Waals surface area contributed by atoms with Gasteiger partial charge in [-0.15, -0.1) is 45.3 Å². The maximum absolute atomic E-state index is 5.30. The summed E-state index contributed by atoms with van der Waals surface area (Å²) in [5.74, 6) is 3.65. The summed E-state index contributed by atoms with van der Waals surface area (Å²) in [6, 6.07) is 111. The van der Waals surface area contributed by atoms with Gasteiger partial charge in [-0.2, -0.15) is 9.97 Å². The molecule has 2 spiro atoms. The summed E-state index contributed by atoms with van der Waals surface area (Å²) in [6.07, 6.45) is 3.63. The van der Waals surface area contributed by atoms with Crippen LogP contribution in [0.15, 0.2) is 349 Å². The minimum atomic E-state index is -0.443. The van der Waals surface area contributed by atoms with Gasteiger partial charge < -0.3 is 4.90 Å². The number of benzene rings is 10. The van der Waals surface area contributed by atoms with E-state index >= 15 is 0 Å². The summed E-state index contributed by atoms with van der Waals surface area (Å²) in [7, 11) is 0. The molecule has 108 heavy (non-hydrogen) atoms. The zero-order valence-corrected chi connectivity index (χ0v) is 60.9. The molecular formula is C94H58N10S4. The first-order chi connectivity index (χ1) is 53.5. The fourth-order valence-corrected chi connectivity index (χ4v) is 20.7. The Balaban J connectivity index is 0.000000138. The first kappa shape index (κ1) is 63.4. The lowest BCUT2D eigenvalue weighted by atomic mass is 9.65. The van der Waals surface area contributed by atoms with E-state index in [2.05, 4.69) is 284 Å². The molecule has 18 aromatic rings. The Labute approximate surface area is 639 Å². The van der Waals surface area contributed by atoms with Crippen molar-refractivity contribution in [2.45, 2.75) is 10.8 Å². The van der Waals surface area contributed by atoms with Crippen molar-refractivity contribution in [1.82, 2.24) is 39.9 Å². The molecule has 10 aromatic carbocycles. The van der Waals surface area contributed by atoms with Crippen molar-refractivity contribution >= 4 is 79.7 Å². The molecule has 0 atom stereocenters. The van der Waals surface area contributed by atoms with Crippen LogP contribution in [0.5, 0.6) is 0 Å². The summed E-state index contributed by atoms with van der Waals surface area (Å²) in [4.78, 5) is 50.1. The second kappa shape index (κ2) is 25.9. The Hall–Kier alpha value is -13.1. The van der Waals surface area contributed by atoms with E-state index in [1.165, 1.54) is 81.0 Å². The van der Waals surface area contributed by atoms with Crippen molar-refractivity contribution in [1.29, 1.82) is 0 Å². The fraction of sp³-hybridized carbons (Fsp3) is 0.0213. The van der Waals surface area contributed by atoms with Crippen LogP contribution in [0.3, 0.4) is 0 Å². The molecular weight excluding hydrogens is 1400 g/mol. The van der Waals surface area contributed by atoms with Crippen molar-refractivity contribution in [3.05, 3.63) is 394 Å². The highest BCUT2D eigenvalue weighted by Gasteiger charge is 2.55. The van der Waals surface area contributed by atoms with E-state index in [-0.39, 0.29) is 5.41 Å². The molecule has 8 aromatic heterocycles. The number of rotatable bonds is 10. The number of pyridine rings is 2. The molecule has 4 aliphatic rings. The number of fused-ring (bicyclic) bond motifs is 18. The van der Waals surface area contributed by atoms with Gasteiger partial charge in [0.25, 0.3) is 0 Å². The van der Waals surface area contributed by atoms with Gasteiger partial charge in [0.2, 0.25) is 5.95 Å². The molecule has 508 valence electrons. The molecule has 10 heterocycles. The lowest BCUT2D eigenvalue weighted by molar-refractivity contribution is 0.752. The van der Waals surface area contributed by atoms with Crippen LogP contribution in [-0.2, 0) is 10.8 Å². The molecule has 0 saturated heterocycles. The standard InChI is InChI=1S/2C47H29N5S2/c1-2-11-31(12-3-1)44-49-45(32-22-20-30(21-23-32)39-17-8-9-26-48-39)51-46(50-44)33-13-10-14-34(29-33)52-40-18-6-4-15-35(40)47(36-16-5-7-19-41(36)52)37-24-27-53-42(37)43-38(47)25-28-54-43;1-2-10-30(11-3-1)31-17-21-33(22-18-31)44-49-45(34-23-19-32(20-24-34)39-14-8-9-27-48-39)51-46(50-44)52-40-15-6-4-12-35(40)47(36-13-5-7-16-41(36)52)37-25-28-53-42(37)43-38(47)26-29-54-43/h2*1-29H. The monoisotopic (exact) mass is 1450 g/mol. The molecule has 0 radical (unpaired) electrons. The van der Waals surface area contributed by atoms with Gasteiger partial charge >= 0.3 is 0 Å². The highest BCUT2D eigenvalue weighted by Crippen LogP contribution is 2.67. The summed E-state index contributed by atoms with van der Waals surface area (Å²) in [5, 5.41) is 8.97. The molecule has 0 unspecified atom stereocenters. The Morgan fingerprint density at radius 2 is 0.528 bits per heavy atom. The third kappa shape index (κ3) is 10.1. The normalized spacial score (nSPS) is 13.3. The average molecular weight is 1460 g/mol. The number of anilines is 6. The van der Waals surface area contributed by atoms with Gasteiger partial charge in [0.1, 0.15) is 0 Å². The van der Waals surface area contributed by atoms with E-state index in [0.717, 1.165) is 73.0 Å². The molecule has 0 bridgehead atoms. The molecule has 0 fully saturated rings. The van der Waals surface area contributed by atoms with Crippen molar-refractivity contribution in [2.75, 3.05) is 9.80 Å². The summed E-state index contributed by atoms with van der Waals surface area (Å²) in [5.41, 5.74) is 25.9. The second-order valence-corrected chi connectivity index (χ2v) is 30.6. The zero-order chi connectivity index (χ0) is 71.3. The molecule has 14 heteroatoms. The maximum atomic E-state index is 5.30. The largest absolute Gasteiger partial charge is 0.310 e. The van der Waals surface area contributed by atoms with E-state index in [9.17, 15) is 0 Å². The van der Waals surface area contributed by atoms with Crippen LogP contribution in [-0.4, -0.2) is 39.9 Å². The number of hydrogen-bond acceptors (Lipinski definition) is 14. The molecule has 10 nitrogen and oxygen atoms in total. The smallest absolute Gasteiger partial charge is 0.238 e. The summed E-state index contributed by atoms with van der Waals surface area (Å²) >= 11 is 7.36. The van der Waals surface area contributed by atoms with Gasteiger partial charge in [-0.3, -0.25) is 14.9 Å². The van der Waals surface area contributed by atoms with Gasteiger partial charge in [0, 0.05) is 76.5 Å². The van der Waals surface area contributed by atoms with E-state index in [4.69, 9.17) is 29.9 Å². The van der Waals surface area contributed by atoms with E-state index < -0.39 is 5.41 Å². The number of hydrogen-bond donors (Lipinski definition) is 0. The predicted molar refractivity (Wildman–Crippen MR) is 441 cm³/mol. The first-order valence-corrected chi connectivity index (χ1v) is 39.2. The lowest BCUT2D eigenvalue weighted by Gasteiger charge is -2.44. The number of thiophene rings is 4. The highest BCUT2D eigenvalue weighted by atomic mass is 32.1. The minimum Gasteiger partial charge on any atom is -0.310 e. The Morgan fingerprint density at radius 3 is 0.926 bits per heavy atom. The number of aromatic nitrogens is 8. The molecule has 2 aliphatic heterocycles. The second-order valence-electron chi connectivity index (χ2n) is 26.9. The number of nitrogens with zero attached hydrogens (tertiary/aromatic N) is 10. The summed E-state index contributed by atoms with van der Waals surface area (Å²) in [6.45, 7) is 0. The van der Waals surface area contributed by atoms with Crippen LogP contribution < -0.4 is 9.80 Å². The Morgan fingerprint density at radius 1 is 0.222 bits per heavy atom. The van der Waals surface area contributed by atoms with Crippen molar-refractivity contribution in [3.63, 3.8) is 0 Å². The van der Waals surface area contributed by atoms with Crippen molar-refractivity contribution in [3.8, 4) is 110 Å². The third-order valence-electron chi connectivity index (χ3n) is 21.2. The zero-order valence-electron chi connectivity index (χ0n) is 57.6. The topological polar surface area (TPSA) is 110 Å². The van der Waals surface area contributed by atoms with Crippen LogP contribution >= 0.6 is 45.3 Å².